The van der Waals surface area contributed by atoms with Crippen LogP contribution in [0.5, 0.6) is 0 Å². The number of rotatable bonds is 6. The summed E-state index contributed by atoms with van der Waals surface area (Å²) in [6.45, 7) is 1.94. The number of hydrogen-bond donors (Lipinski definition) is 0. The van der Waals surface area contributed by atoms with Gasteiger partial charge in [0.1, 0.15) is 5.78 Å². The fraction of sp³-hybridized carbons (Fsp3) is 0.900. The first-order valence-corrected chi connectivity index (χ1v) is 4.77. The number of carbonyl (C=O) groups excluding carboxylic acids is 1. The molecule has 0 heterocycles. The van der Waals surface area contributed by atoms with Gasteiger partial charge in [0.05, 0.1) is 6.10 Å². The smallest absolute Gasteiger partial charge is 0.135 e. The van der Waals surface area contributed by atoms with Crippen molar-refractivity contribution in [2.24, 2.45) is 5.92 Å². The quantitative estimate of drug-likeness (QED) is 0.610. The molecule has 0 bridgehead atoms. The van der Waals surface area contributed by atoms with Crippen molar-refractivity contribution >= 4 is 5.78 Å². The first kappa shape index (κ1) is 9.72. The standard InChI is InChI=1S/C10H18O2/c1-8(12-2)7-10(11)6-5-9-3-4-9/h8-9H,3-7H2,1-2H3. The van der Waals surface area contributed by atoms with Crippen LogP contribution in [0.3, 0.4) is 0 Å². The average Bonchev–Trinajstić information content (AvgIpc) is 2.83. The maximum Gasteiger partial charge on any atom is 0.135 e. The third kappa shape index (κ3) is 3.86. The Labute approximate surface area is 74.3 Å². The summed E-state index contributed by atoms with van der Waals surface area (Å²) in [6.07, 6.45) is 5.23. The molecule has 0 aromatic carbocycles. The lowest BCUT2D eigenvalue weighted by Crippen LogP contribution is -2.12. The molecular formula is C10H18O2. The number of carbonyl (C=O) groups is 1. The van der Waals surface area contributed by atoms with Crippen LogP contribution in [0.2, 0.25) is 0 Å². The zero-order valence-corrected chi connectivity index (χ0v) is 8.01. The topological polar surface area (TPSA) is 26.3 Å². The van der Waals surface area contributed by atoms with Gasteiger partial charge in [0, 0.05) is 20.0 Å². The molecule has 1 fully saturated rings. The van der Waals surface area contributed by atoms with E-state index in [-0.39, 0.29) is 6.10 Å². The fourth-order valence-corrected chi connectivity index (χ4v) is 1.28. The molecule has 1 aliphatic carbocycles. The third-order valence-corrected chi connectivity index (χ3v) is 2.45. The molecule has 0 spiro atoms. The zero-order chi connectivity index (χ0) is 8.97. The molecule has 0 aromatic heterocycles. The van der Waals surface area contributed by atoms with Gasteiger partial charge in [-0.3, -0.25) is 4.79 Å². The first-order chi connectivity index (χ1) is 5.72. The van der Waals surface area contributed by atoms with E-state index < -0.39 is 0 Å². The molecule has 0 aromatic rings. The molecule has 1 unspecified atom stereocenters. The molecule has 12 heavy (non-hydrogen) atoms. The molecule has 1 rings (SSSR count). The molecule has 0 aliphatic heterocycles. The second-order valence-corrected chi connectivity index (χ2v) is 3.77. The summed E-state index contributed by atoms with van der Waals surface area (Å²) >= 11 is 0. The van der Waals surface area contributed by atoms with Crippen molar-refractivity contribution in [3.05, 3.63) is 0 Å². The Hall–Kier alpha value is -0.370. The summed E-state index contributed by atoms with van der Waals surface area (Å²) in [5, 5.41) is 0. The molecule has 0 N–H and O–H groups in total. The fourth-order valence-electron chi connectivity index (χ4n) is 1.28. The molecule has 0 saturated heterocycles. The Morgan fingerprint density at radius 3 is 2.75 bits per heavy atom. The highest BCUT2D eigenvalue weighted by Gasteiger charge is 2.22. The van der Waals surface area contributed by atoms with Crippen molar-refractivity contribution in [2.45, 2.75) is 45.1 Å². The minimum atomic E-state index is 0.0942. The molecule has 70 valence electrons. The average molecular weight is 170 g/mol. The zero-order valence-electron chi connectivity index (χ0n) is 8.01. The summed E-state index contributed by atoms with van der Waals surface area (Å²) in [5.41, 5.74) is 0. The number of ether oxygens (including phenoxy) is 1. The predicted molar refractivity (Wildman–Crippen MR) is 48.1 cm³/mol. The van der Waals surface area contributed by atoms with Gasteiger partial charge in [0.25, 0.3) is 0 Å². The van der Waals surface area contributed by atoms with Gasteiger partial charge >= 0.3 is 0 Å². The van der Waals surface area contributed by atoms with E-state index in [9.17, 15) is 4.79 Å². The second kappa shape index (κ2) is 4.61. The summed E-state index contributed by atoms with van der Waals surface area (Å²) in [4.78, 5) is 11.3. The number of methoxy groups -OCH3 is 1. The molecule has 1 atom stereocenters. The van der Waals surface area contributed by atoms with E-state index in [1.807, 2.05) is 6.92 Å². The lowest BCUT2D eigenvalue weighted by Gasteiger charge is -2.07. The highest BCUT2D eigenvalue weighted by atomic mass is 16.5. The molecule has 1 saturated carbocycles. The lowest BCUT2D eigenvalue weighted by atomic mass is 10.1. The summed E-state index contributed by atoms with van der Waals surface area (Å²) in [5.74, 6) is 1.23. The molecule has 2 heteroatoms. The Morgan fingerprint density at radius 1 is 1.58 bits per heavy atom. The van der Waals surface area contributed by atoms with Crippen molar-refractivity contribution in [1.29, 1.82) is 0 Å². The van der Waals surface area contributed by atoms with E-state index in [0.717, 1.165) is 18.8 Å². The highest BCUT2D eigenvalue weighted by molar-refractivity contribution is 5.78. The van der Waals surface area contributed by atoms with E-state index in [4.69, 9.17) is 4.74 Å². The van der Waals surface area contributed by atoms with E-state index >= 15 is 0 Å². The van der Waals surface area contributed by atoms with Crippen LogP contribution in [0, 0.1) is 5.92 Å². The maximum atomic E-state index is 11.3. The Balaban J connectivity index is 2.01. The van der Waals surface area contributed by atoms with Gasteiger partial charge < -0.3 is 4.74 Å². The normalized spacial score (nSPS) is 19.2. The van der Waals surface area contributed by atoms with Crippen molar-refractivity contribution in [2.75, 3.05) is 7.11 Å². The van der Waals surface area contributed by atoms with Gasteiger partial charge in [0.2, 0.25) is 0 Å². The van der Waals surface area contributed by atoms with E-state index in [0.29, 0.717) is 12.2 Å². The van der Waals surface area contributed by atoms with E-state index in [2.05, 4.69) is 0 Å². The third-order valence-electron chi connectivity index (χ3n) is 2.45. The summed E-state index contributed by atoms with van der Waals surface area (Å²) in [6, 6.07) is 0. The Bertz CT molecular complexity index is 150. The molecule has 0 radical (unpaired) electrons. The molecule has 2 nitrogen and oxygen atoms in total. The Kier molecular flexibility index (Phi) is 3.73. The van der Waals surface area contributed by atoms with E-state index in [1.54, 1.807) is 7.11 Å². The SMILES string of the molecule is COC(C)CC(=O)CCC1CC1. The van der Waals surface area contributed by atoms with Gasteiger partial charge in [-0.05, 0) is 19.3 Å². The largest absolute Gasteiger partial charge is 0.381 e. The van der Waals surface area contributed by atoms with Crippen molar-refractivity contribution in [1.82, 2.24) is 0 Å². The molecule has 1 aliphatic rings. The van der Waals surface area contributed by atoms with Crippen molar-refractivity contribution in [3.63, 3.8) is 0 Å². The predicted octanol–water partition coefficient (Wildman–Crippen LogP) is 2.17. The van der Waals surface area contributed by atoms with Gasteiger partial charge in [-0.2, -0.15) is 0 Å². The van der Waals surface area contributed by atoms with Crippen LogP contribution >= 0.6 is 0 Å². The second-order valence-electron chi connectivity index (χ2n) is 3.77. The van der Waals surface area contributed by atoms with Gasteiger partial charge in [0.15, 0.2) is 0 Å². The van der Waals surface area contributed by atoms with Crippen molar-refractivity contribution < 1.29 is 9.53 Å². The number of ketones is 1. The number of Topliss-reactive ketones (excluding diaryl/α,β-unsaturated/α-hetero) is 1. The Morgan fingerprint density at radius 2 is 2.25 bits per heavy atom. The molecule has 0 amide bonds. The van der Waals surface area contributed by atoms with Crippen LogP contribution in [0.15, 0.2) is 0 Å². The van der Waals surface area contributed by atoms with Crippen LogP contribution in [0.25, 0.3) is 0 Å². The van der Waals surface area contributed by atoms with Gasteiger partial charge in [-0.25, -0.2) is 0 Å². The van der Waals surface area contributed by atoms with Crippen LogP contribution in [-0.4, -0.2) is 19.0 Å². The minimum absolute atomic E-state index is 0.0942. The monoisotopic (exact) mass is 170 g/mol. The number of hydrogen-bond acceptors (Lipinski definition) is 2. The minimum Gasteiger partial charge on any atom is -0.381 e. The van der Waals surface area contributed by atoms with Crippen LogP contribution < -0.4 is 0 Å². The van der Waals surface area contributed by atoms with Gasteiger partial charge in [-0.1, -0.05) is 12.8 Å². The lowest BCUT2D eigenvalue weighted by molar-refractivity contribution is -0.121. The highest BCUT2D eigenvalue weighted by Crippen LogP contribution is 2.33. The molecular weight excluding hydrogens is 152 g/mol. The van der Waals surface area contributed by atoms with Gasteiger partial charge in [-0.15, -0.1) is 0 Å². The van der Waals surface area contributed by atoms with Crippen molar-refractivity contribution in [3.8, 4) is 0 Å². The van der Waals surface area contributed by atoms with Crippen LogP contribution in [-0.2, 0) is 9.53 Å². The van der Waals surface area contributed by atoms with Crippen LogP contribution in [0.4, 0.5) is 0 Å². The first-order valence-electron chi connectivity index (χ1n) is 4.77. The van der Waals surface area contributed by atoms with Crippen LogP contribution in [0.1, 0.15) is 39.0 Å². The maximum absolute atomic E-state index is 11.3. The summed E-state index contributed by atoms with van der Waals surface area (Å²) < 4.78 is 5.02. The summed E-state index contributed by atoms with van der Waals surface area (Å²) in [7, 11) is 1.65. The van der Waals surface area contributed by atoms with E-state index in [1.165, 1.54) is 12.8 Å².